The lowest BCUT2D eigenvalue weighted by Gasteiger charge is -2.10. The molecule has 0 aromatic heterocycles. The molecule has 0 atom stereocenters. The minimum Gasteiger partial charge on any atom is -0.496 e. The highest BCUT2D eigenvalue weighted by Crippen LogP contribution is 2.29. The molecule has 0 saturated carbocycles. The summed E-state index contributed by atoms with van der Waals surface area (Å²) in [7, 11) is 4.34. The highest BCUT2D eigenvalue weighted by atomic mass is 16.6. The quantitative estimate of drug-likeness (QED) is 0.383. The molecule has 1 amide bonds. The van der Waals surface area contributed by atoms with Crippen LogP contribution in [0.4, 0.5) is 11.4 Å². The average molecular weight is 404 g/mol. The molecule has 0 unspecified atom stereocenters. The summed E-state index contributed by atoms with van der Waals surface area (Å²) in [6, 6.07) is 8.92. The maximum absolute atomic E-state index is 12.0. The van der Waals surface area contributed by atoms with Gasteiger partial charge in [-0.15, -0.1) is 0 Å². The Hall–Kier alpha value is -3.82. The molecule has 0 heterocycles. The number of carbonyl (C=O) groups is 2. The number of ether oxygens (including phenoxy) is 4. The Labute approximate surface area is 166 Å². The zero-order chi connectivity index (χ0) is 21.4. The maximum atomic E-state index is 12.0. The normalized spacial score (nSPS) is 10.0. The molecule has 29 heavy (non-hydrogen) atoms. The van der Waals surface area contributed by atoms with E-state index in [0.717, 1.165) is 0 Å². The van der Waals surface area contributed by atoms with Gasteiger partial charge in [-0.1, -0.05) is 6.07 Å². The first-order valence-electron chi connectivity index (χ1n) is 8.36. The Kier molecular flexibility index (Phi) is 7.35. The number of nitrogens with zero attached hydrogens (tertiary/aromatic N) is 1. The second kappa shape index (κ2) is 9.93. The summed E-state index contributed by atoms with van der Waals surface area (Å²) in [6.07, 6.45) is -0.0870. The Balaban J connectivity index is 1.94. The Morgan fingerprint density at radius 1 is 1.00 bits per heavy atom. The van der Waals surface area contributed by atoms with Crippen LogP contribution in [0, 0.1) is 10.1 Å². The van der Waals surface area contributed by atoms with Gasteiger partial charge in [0.25, 0.3) is 11.6 Å². The fraction of sp³-hybridized carbons (Fsp3) is 0.263. The fourth-order valence-corrected chi connectivity index (χ4v) is 2.44. The summed E-state index contributed by atoms with van der Waals surface area (Å²) in [6.45, 7) is -0.588. The van der Waals surface area contributed by atoms with Crippen LogP contribution < -0.4 is 19.5 Å². The first-order chi connectivity index (χ1) is 13.9. The fourth-order valence-electron chi connectivity index (χ4n) is 2.44. The molecule has 0 aliphatic heterocycles. The van der Waals surface area contributed by atoms with Crippen molar-refractivity contribution in [3.05, 3.63) is 52.1 Å². The van der Waals surface area contributed by atoms with Crippen molar-refractivity contribution in [1.29, 1.82) is 0 Å². The minimum atomic E-state index is -0.709. The van der Waals surface area contributed by atoms with E-state index >= 15 is 0 Å². The van der Waals surface area contributed by atoms with Gasteiger partial charge in [-0.2, -0.15) is 0 Å². The molecule has 0 fully saturated rings. The zero-order valence-electron chi connectivity index (χ0n) is 16.1. The van der Waals surface area contributed by atoms with Gasteiger partial charge in [-0.05, 0) is 29.8 Å². The van der Waals surface area contributed by atoms with Crippen LogP contribution in [0.3, 0.4) is 0 Å². The van der Waals surface area contributed by atoms with Crippen LogP contribution in [-0.4, -0.2) is 44.7 Å². The SMILES string of the molecule is COc1ccc(NC(=O)COC(=O)Cc2ccc(OC)c(OC)c2)c([N+](=O)[O-])c1. The van der Waals surface area contributed by atoms with E-state index in [2.05, 4.69) is 5.32 Å². The summed E-state index contributed by atoms with van der Waals surface area (Å²) in [5.41, 5.74) is 0.241. The summed E-state index contributed by atoms with van der Waals surface area (Å²) in [5.74, 6) is -0.0981. The number of methoxy groups -OCH3 is 3. The number of amides is 1. The van der Waals surface area contributed by atoms with Gasteiger partial charge in [0.05, 0.1) is 38.7 Å². The van der Waals surface area contributed by atoms with Gasteiger partial charge in [0.1, 0.15) is 11.4 Å². The van der Waals surface area contributed by atoms with Gasteiger partial charge >= 0.3 is 5.97 Å². The number of nitro groups is 1. The monoisotopic (exact) mass is 404 g/mol. The van der Waals surface area contributed by atoms with Crippen LogP contribution in [0.25, 0.3) is 0 Å². The van der Waals surface area contributed by atoms with Crippen LogP contribution in [0.1, 0.15) is 5.56 Å². The first kappa shape index (κ1) is 21.5. The Bertz CT molecular complexity index is 913. The van der Waals surface area contributed by atoms with E-state index in [-0.39, 0.29) is 23.5 Å². The molecular weight excluding hydrogens is 384 g/mol. The first-order valence-corrected chi connectivity index (χ1v) is 8.36. The standard InChI is InChI=1S/C19H20N2O8/c1-26-13-5-6-14(15(10-13)21(24)25)20-18(22)11-29-19(23)9-12-4-7-16(27-2)17(8-12)28-3/h4-8,10H,9,11H2,1-3H3,(H,20,22). The van der Waals surface area contributed by atoms with Gasteiger partial charge in [0.2, 0.25) is 0 Å². The topological polar surface area (TPSA) is 126 Å². The number of rotatable bonds is 9. The number of hydrogen-bond donors (Lipinski definition) is 1. The van der Waals surface area contributed by atoms with Gasteiger partial charge in [0.15, 0.2) is 18.1 Å². The molecule has 0 aliphatic rings. The molecule has 0 aliphatic carbocycles. The number of nitrogens with one attached hydrogen (secondary N) is 1. The molecule has 2 aromatic rings. The Morgan fingerprint density at radius 3 is 2.34 bits per heavy atom. The number of carbonyl (C=O) groups excluding carboxylic acids is 2. The molecule has 0 radical (unpaired) electrons. The lowest BCUT2D eigenvalue weighted by molar-refractivity contribution is -0.384. The van der Waals surface area contributed by atoms with Gasteiger partial charge in [-0.25, -0.2) is 0 Å². The van der Waals surface area contributed by atoms with Gasteiger partial charge in [-0.3, -0.25) is 19.7 Å². The number of esters is 1. The van der Waals surface area contributed by atoms with E-state index in [9.17, 15) is 19.7 Å². The summed E-state index contributed by atoms with van der Waals surface area (Å²) in [5, 5.41) is 13.5. The van der Waals surface area contributed by atoms with E-state index in [1.54, 1.807) is 18.2 Å². The largest absolute Gasteiger partial charge is 0.496 e. The van der Waals surface area contributed by atoms with Crippen molar-refractivity contribution < 1.29 is 33.5 Å². The molecule has 0 saturated heterocycles. The van der Waals surface area contributed by atoms with E-state index in [4.69, 9.17) is 18.9 Å². The molecule has 0 spiro atoms. The Morgan fingerprint density at radius 2 is 1.72 bits per heavy atom. The summed E-state index contributed by atoms with van der Waals surface area (Å²) >= 11 is 0. The zero-order valence-corrected chi connectivity index (χ0v) is 16.1. The molecular formula is C19H20N2O8. The van der Waals surface area contributed by atoms with Gasteiger partial charge in [0, 0.05) is 0 Å². The van der Waals surface area contributed by atoms with E-state index < -0.39 is 23.4 Å². The second-order valence-corrected chi connectivity index (χ2v) is 5.72. The van der Waals surface area contributed by atoms with Crippen LogP contribution in [-0.2, 0) is 20.7 Å². The van der Waals surface area contributed by atoms with Crippen LogP contribution in [0.2, 0.25) is 0 Å². The lowest BCUT2D eigenvalue weighted by atomic mass is 10.1. The lowest BCUT2D eigenvalue weighted by Crippen LogP contribution is -2.22. The molecule has 1 N–H and O–H groups in total. The number of nitro benzene ring substituents is 1. The number of hydrogen-bond acceptors (Lipinski definition) is 8. The van der Waals surface area contributed by atoms with Crippen molar-refractivity contribution in [3.8, 4) is 17.2 Å². The van der Waals surface area contributed by atoms with E-state index in [1.807, 2.05) is 0 Å². The maximum Gasteiger partial charge on any atom is 0.310 e. The molecule has 10 heteroatoms. The molecule has 2 aromatic carbocycles. The third-order valence-electron chi connectivity index (χ3n) is 3.84. The van der Waals surface area contributed by atoms with E-state index in [1.165, 1.54) is 39.5 Å². The average Bonchev–Trinajstić information content (AvgIpc) is 2.72. The number of benzene rings is 2. The third-order valence-corrected chi connectivity index (χ3v) is 3.84. The summed E-state index contributed by atoms with van der Waals surface area (Å²) in [4.78, 5) is 34.5. The molecule has 0 bridgehead atoms. The number of anilines is 1. The van der Waals surface area contributed by atoms with Crippen molar-refractivity contribution in [1.82, 2.24) is 0 Å². The van der Waals surface area contributed by atoms with Crippen LogP contribution in [0.15, 0.2) is 36.4 Å². The van der Waals surface area contributed by atoms with Crippen molar-refractivity contribution in [2.75, 3.05) is 33.3 Å². The smallest absolute Gasteiger partial charge is 0.310 e. The molecule has 154 valence electrons. The van der Waals surface area contributed by atoms with Crippen molar-refractivity contribution in [2.45, 2.75) is 6.42 Å². The minimum absolute atomic E-state index is 0.0308. The van der Waals surface area contributed by atoms with Crippen molar-refractivity contribution >= 4 is 23.3 Å². The van der Waals surface area contributed by atoms with Gasteiger partial charge < -0.3 is 24.3 Å². The molecule has 2 rings (SSSR count). The van der Waals surface area contributed by atoms with E-state index in [0.29, 0.717) is 17.1 Å². The van der Waals surface area contributed by atoms with Crippen LogP contribution >= 0.6 is 0 Å². The predicted molar refractivity (Wildman–Crippen MR) is 102 cm³/mol. The highest BCUT2D eigenvalue weighted by molar-refractivity contribution is 5.95. The predicted octanol–water partition coefficient (Wildman–Crippen LogP) is 2.34. The highest BCUT2D eigenvalue weighted by Gasteiger charge is 2.18. The third kappa shape index (κ3) is 5.83. The molecule has 10 nitrogen and oxygen atoms in total. The summed E-state index contributed by atoms with van der Waals surface area (Å²) < 4.78 is 20.2. The van der Waals surface area contributed by atoms with Crippen molar-refractivity contribution in [2.24, 2.45) is 0 Å². The van der Waals surface area contributed by atoms with Crippen LogP contribution in [0.5, 0.6) is 17.2 Å². The van der Waals surface area contributed by atoms with Crippen molar-refractivity contribution in [3.63, 3.8) is 0 Å². The second-order valence-electron chi connectivity index (χ2n) is 5.72.